The van der Waals surface area contributed by atoms with E-state index < -0.39 is 20.0 Å². The molecule has 0 aromatic heterocycles. The number of benzene rings is 2. The summed E-state index contributed by atoms with van der Waals surface area (Å²) in [7, 11) is -7.35. The lowest BCUT2D eigenvalue weighted by atomic mass is 10.1. The standard InChI is InChI=1S/C22H27N3O6S2/c1-16-13-17-14-20(32(23,27)28)9-10-21(17)25(16)22(26)15-31-18-5-7-19(8-6-18)33(29,30)24-11-3-2-4-12-24/h5-10,14,16H,2-4,11-13,15H2,1H3,(H2,23,27,28). The van der Waals surface area contributed by atoms with Gasteiger partial charge in [0, 0.05) is 24.8 Å². The van der Waals surface area contributed by atoms with E-state index >= 15 is 0 Å². The number of anilines is 1. The maximum atomic E-state index is 12.9. The summed E-state index contributed by atoms with van der Waals surface area (Å²) in [5.41, 5.74) is 1.36. The molecule has 33 heavy (non-hydrogen) atoms. The molecular weight excluding hydrogens is 466 g/mol. The second-order valence-electron chi connectivity index (χ2n) is 8.38. The molecule has 1 fully saturated rings. The number of sulfonamides is 2. The van der Waals surface area contributed by atoms with Gasteiger partial charge in [-0.05, 0) is 74.2 Å². The minimum atomic E-state index is -3.82. The molecule has 9 nitrogen and oxygen atoms in total. The Bertz CT molecular complexity index is 1250. The third kappa shape index (κ3) is 4.91. The highest BCUT2D eigenvalue weighted by molar-refractivity contribution is 7.89. The van der Waals surface area contributed by atoms with E-state index in [0.29, 0.717) is 30.9 Å². The van der Waals surface area contributed by atoms with Crippen molar-refractivity contribution in [1.29, 1.82) is 0 Å². The zero-order valence-electron chi connectivity index (χ0n) is 18.3. The molecule has 0 aliphatic carbocycles. The normalized spacial score (nSPS) is 19.3. The number of fused-ring (bicyclic) bond motifs is 1. The number of nitrogens with zero attached hydrogens (tertiary/aromatic N) is 2. The molecule has 1 atom stereocenters. The first-order valence-corrected chi connectivity index (χ1v) is 13.8. The van der Waals surface area contributed by atoms with Crippen molar-refractivity contribution >= 4 is 31.6 Å². The summed E-state index contributed by atoms with van der Waals surface area (Å²) in [5.74, 6) is 0.104. The average Bonchev–Trinajstić information content (AvgIpc) is 3.12. The van der Waals surface area contributed by atoms with Crippen LogP contribution in [0.2, 0.25) is 0 Å². The minimum Gasteiger partial charge on any atom is -0.484 e. The fourth-order valence-corrected chi connectivity index (χ4v) is 6.42. The lowest BCUT2D eigenvalue weighted by Gasteiger charge is -2.26. The Kier molecular flexibility index (Phi) is 6.50. The first-order valence-electron chi connectivity index (χ1n) is 10.8. The Morgan fingerprint density at radius 3 is 2.27 bits per heavy atom. The first-order chi connectivity index (χ1) is 15.6. The third-order valence-electron chi connectivity index (χ3n) is 6.00. The first kappa shape index (κ1) is 23.7. The summed E-state index contributed by atoms with van der Waals surface area (Å²) in [4.78, 5) is 14.7. The van der Waals surface area contributed by atoms with E-state index in [4.69, 9.17) is 9.88 Å². The smallest absolute Gasteiger partial charge is 0.265 e. The summed E-state index contributed by atoms with van der Waals surface area (Å²) >= 11 is 0. The number of carbonyl (C=O) groups is 1. The molecule has 2 aromatic rings. The minimum absolute atomic E-state index is 0.0126. The number of carbonyl (C=O) groups excluding carboxylic acids is 1. The van der Waals surface area contributed by atoms with Crippen LogP contribution in [-0.4, -0.2) is 52.8 Å². The molecule has 2 heterocycles. The van der Waals surface area contributed by atoms with Gasteiger partial charge < -0.3 is 9.64 Å². The Morgan fingerprint density at radius 2 is 1.64 bits per heavy atom. The van der Waals surface area contributed by atoms with E-state index in [2.05, 4.69) is 0 Å². The van der Waals surface area contributed by atoms with Crippen LogP contribution in [0.5, 0.6) is 5.75 Å². The molecular formula is C22H27N3O6S2. The zero-order chi connectivity index (χ0) is 23.8. The molecule has 2 aliphatic heterocycles. The average molecular weight is 494 g/mol. The van der Waals surface area contributed by atoms with Crippen LogP contribution in [0.3, 0.4) is 0 Å². The highest BCUT2D eigenvalue weighted by Crippen LogP contribution is 2.34. The fraction of sp³-hybridized carbons (Fsp3) is 0.409. The Labute approximate surface area is 194 Å². The van der Waals surface area contributed by atoms with Crippen LogP contribution in [0, 0.1) is 0 Å². The summed E-state index contributed by atoms with van der Waals surface area (Å²) < 4.78 is 55.8. The van der Waals surface area contributed by atoms with E-state index in [0.717, 1.165) is 24.8 Å². The van der Waals surface area contributed by atoms with Crippen molar-refractivity contribution in [3.8, 4) is 5.75 Å². The topological polar surface area (TPSA) is 127 Å². The number of rotatable bonds is 6. The third-order valence-corrected chi connectivity index (χ3v) is 8.83. The molecule has 11 heteroatoms. The maximum absolute atomic E-state index is 12.9. The highest BCUT2D eigenvalue weighted by atomic mass is 32.2. The quantitative estimate of drug-likeness (QED) is 0.654. The van der Waals surface area contributed by atoms with Crippen molar-refractivity contribution in [2.45, 2.75) is 48.4 Å². The number of hydrogen-bond donors (Lipinski definition) is 1. The zero-order valence-corrected chi connectivity index (χ0v) is 19.9. The molecule has 2 aromatic carbocycles. The van der Waals surface area contributed by atoms with Gasteiger partial charge in [0.05, 0.1) is 9.79 Å². The van der Waals surface area contributed by atoms with Gasteiger partial charge in [0.2, 0.25) is 20.0 Å². The van der Waals surface area contributed by atoms with Crippen molar-refractivity contribution in [3.05, 3.63) is 48.0 Å². The molecule has 0 radical (unpaired) electrons. The molecule has 1 saturated heterocycles. The molecule has 2 aliphatic rings. The maximum Gasteiger partial charge on any atom is 0.265 e. The van der Waals surface area contributed by atoms with Gasteiger partial charge in [-0.25, -0.2) is 22.0 Å². The van der Waals surface area contributed by atoms with E-state index in [9.17, 15) is 21.6 Å². The van der Waals surface area contributed by atoms with Crippen LogP contribution in [0.1, 0.15) is 31.7 Å². The van der Waals surface area contributed by atoms with Gasteiger partial charge in [0.15, 0.2) is 6.61 Å². The monoisotopic (exact) mass is 493 g/mol. The lowest BCUT2D eigenvalue weighted by Crippen LogP contribution is -2.39. The van der Waals surface area contributed by atoms with Gasteiger partial charge in [-0.1, -0.05) is 6.42 Å². The summed E-state index contributed by atoms with van der Waals surface area (Å²) in [6.07, 6.45) is 3.28. The molecule has 0 bridgehead atoms. The van der Waals surface area contributed by atoms with Gasteiger partial charge in [0.25, 0.3) is 5.91 Å². The van der Waals surface area contributed by atoms with Gasteiger partial charge in [-0.15, -0.1) is 0 Å². The van der Waals surface area contributed by atoms with Gasteiger partial charge in [-0.3, -0.25) is 4.79 Å². The van der Waals surface area contributed by atoms with Crippen LogP contribution in [0.25, 0.3) is 0 Å². The number of amides is 1. The molecule has 1 unspecified atom stereocenters. The van der Waals surface area contributed by atoms with Crippen molar-refractivity contribution < 1.29 is 26.4 Å². The molecule has 4 rings (SSSR count). The Hall–Kier alpha value is -2.47. The predicted octanol–water partition coefficient (Wildman–Crippen LogP) is 1.87. The molecule has 0 saturated carbocycles. The van der Waals surface area contributed by atoms with Crippen LogP contribution in [0.15, 0.2) is 52.3 Å². The molecule has 1 amide bonds. The van der Waals surface area contributed by atoms with Crippen molar-refractivity contribution in [1.82, 2.24) is 4.31 Å². The summed E-state index contributed by atoms with van der Waals surface area (Å²) in [5, 5.41) is 5.20. The number of nitrogens with two attached hydrogens (primary N) is 1. The highest BCUT2D eigenvalue weighted by Gasteiger charge is 2.32. The fourth-order valence-electron chi connectivity index (χ4n) is 4.34. The summed E-state index contributed by atoms with van der Waals surface area (Å²) in [6.45, 7) is 2.69. The van der Waals surface area contributed by atoms with E-state index in [1.807, 2.05) is 6.92 Å². The van der Waals surface area contributed by atoms with Crippen LogP contribution < -0.4 is 14.8 Å². The predicted molar refractivity (Wildman–Crippen MR) is 123 cm³/mol. The number of piperidine rings is 1. The SMILES string of the molecule is CC1Cc2cc(S(N)(=O)=O)ccc2N1C(=O)COc1ccc(S(=O)(=O)N2CCCCC2)cc1. The Balaban J connectivity index is 1.42. The van der Waals surface area contributed by atoms with Crippen LogP contribution in [-0.2, 0) is 31.3 Å². The summed E-state index contributed by atoms with van der Waals surface area (Å²) in [6, 6.07) is 10.4. The number of primary sulfonamides is 1. The molecule has 0 spiro atoms. The van der Waals surface area contributed by atoms with Crippen molar-refractivity contribution in [2.24, 2.45) is 5.14 Å². The Morgan fingerprint density at radius 1 is 1.00 bits per heavy atom. The van der Waals surface area contributed by atoms with Gasteiger partial charge in [-0.2, -0.15) is 4.31 Å². The number of ether oxygens (including phenoxy) is 1. The number of hydrogen-bond acceptors (Lipinski definition) is 6. The molecule has 2 N–H and O–H groups in total. The lowest BCUT2D eigenvalue weighted by molar-refractivity contribution is -0.120. The van der Waals surface area contributed by atoms with E-state index in [-0.39, 0.29) is 28.3 Å². The largest absolute Gasteiger partial charge is 0.484 e. The van der Waals surface area contributed by atoms with Gasteiger partial charge >= 0.3 is 0 Å². The molecule has 178 valence electrons. The van der Waals surface area contributed by atoms with E-state index in [1.165, 1.54) is 28.6 Å². The van der Waals surface area contributed by atoms with Crippen molar-refractivity contribution in [3.63, 3.8) is 0 Å². The van der Waals surface area contributed by atoms with Gasteiger partial charge in [0.1, 0.15) is 5.75 Å². The second kappa shape index (κ2) is 9.05. The van der Waals surface area contributed by atoms with Crippen LogP contribution in [0.4, 0.5) is 5.69 Å². The second-order valence-corrected chi connectivity index (χ2v) is 11.9. The van der Waals surface area contributed by atoms with E-state index in [1.54, 1.807) is 23.1 Å². The van der Waals surface area contributed by atoms with Crippen LogP contribution >= 0.6 is 0 Å². The van der Waals surface area contributed by atoms with Crippen molar-refractivity contribution in [2.75, 3.05) is 24.6 Å².